The summed E-state index contributed by atoms with van der Waals surface area (Å²) in [4.78, 5) is 23.2. The van der Waals surface area contributed by atoms with E-state index in [2.05, 4.69) is 39.2 Å². The molecule has 0 radical (unpaired) electrons. The van der Waals surface area contributed by atoms with E-state index >= 15 is 0 Å². The van der Waals surface area contributed by atoms with Crippen molar-refractivity contribution in [1.29, 1.82) is 0 Å². The Labute approximate surface area is 141 Å². The SMILES string of the molecule is CC(C)(C)OC(=O)NC1C[C@H](C=O)C[C@@H]1O[Si](C)(C)C(C)(C)C. The molecule has 0 saturated heterocycles. The Morgan fingerprint density at radius 1 is 1.13 bits per heavy atom. The highest BCUT2D eigenvalue weighted by Gasteiger charge is 2.44. The predicted molar refractivity (Wildman–Crippen MR) is 94.0 cm³/mol. The van der Waals surface area contributed by atoms with Crippen molar-refractivity contribution in [2.24, 2.45) is 5.92 Å². The lowest BCUT2D eigenvalue weighted by Gasteiger charge is -2.40. The van der Waals surface area contributed by atoms with Crippen molar-refractivity contribution in [1.82, 2.24) is 5.32 Å². The fraction of sp³-hybridized carbons (Fsp3) is 0.882. The van der Waals surface area contributed by atoms with Gasteiger partial charge in [0.25, 0.3) is 0 Å². The van der Waals surface area contributed by atoms with Gasteiger partial charge in [-0.05, 0) is 51.7 Å². The van der Waals surface area contributed by atoms with Crippen molar-refractivity contribution in [3.05, 3.63) is 0 Å². The number of amides is 1. The summed E-state index contributed by atoms with van der Waals surface area (Å²) in [7, 11) is -1.96. The lowest BCUT2D eigenvalue weighted by Crippen LogP contribution is -2.50. The van der Waals surface area contributed by atoms with Gasteiger partial charge in [0.05, 0.1) is 12.1 Å². The van der Waals surface area contributed by atoms with Crippen LogP contribution in [0.15, 0.2) is 0 Å². The van der Waals surface area contributed by atoms with Gasteiger partial charge in [0, 0.05) is 5.92 Å². The van der Waals surface area contributed by atoms with E-state index in [1.54, 1.807) is 0 Å². The molecule has 0 spiro atoms. The number of alkyl carbamates (subject to hydrolysis) is 1. The van der Waals surface area contributed by atoms with Gasteiger partial charge >= 0.3 is 6.09 Å². The van der Waals surface area contributed by atoms with Crippen LogP contribution in [0.25, 0.3) is 0 Å². The Balaban J connectivity index is 2.79. The number of carbonyl (C=O) groups is 2. The summed E-state index contributed by atoms with van der Waals surface area (Å²) in [6.07, 6.45) is 1.67. The number of carbonyl (C=O) groups excluding carboxylic acids is 2. The second-order valence-electron chi connectivity index (χ2n) is 9.04. The number of aldehydes is 1. The molecule has 134 valence electrons. The number of ether oxygens (including phenoxy) is 1. The average Bonchev–Trinajstić information content (AvgIpc) is 2.66. The third-order valence-corrected chi connectivity index (χ3v) is 9.19. The van der Waals surface area contributed by atoms with Gasteiger partial charge in [0.2, 0.25) is 0 Å². The van der Waals surface area contributed by atoms with Crippen LogP contribution in [0.1, 0.15) is 54.4 Å². The average molecular weight is 344 g/mol. The van der Waals surface area contributed by atoms with E-state index in [1.807, 2.05) is 20.8 Å². The highest BCUT2D eigenvalue weighted by molar-refractivity contribution is 6.74. The highest BCUT2D eigenvalue weighted by Crippen LogP contribution is 2.40. The van der Waals surface area contributed by atoms with E-state index in [0.717, 1.165) is 6.29 Å². The van der Waals surface area contributed by atoms with Crippen LogP contribution in [0.3, 0.4) is 0 Å². The Morgan fingerprint density at radius 3 is 2.13 bits per heavy atom. The molecule has 0 aromatic heterocycles. The molecule has 3 atom stereocenters. The molecule has 5 nitrogen and oxygen atoms in total. The van der Waals surface area contributed by atoms with Crippen LogP contribution in [-0.2, 0) is 14.0 Å². The maximum Gasteiger partial charge on any atom is 0.407 e. The summed E-state index contributed by atoms with van der Waals surface area (Å²) in [5.41, 5.74) is -0.539. The summed E-state index contributed by atoms with van der Waals surface area (Å²) in [6, 6.07) is -0.172. The van der Waals surface area contributed by atoms with Crippen LogP contribution in [0.5, 0.6) is 0 Å². The van der Waals surface area contributed by atoms with Gasteiger partial charge in [-0.1, -0.05) is 20.8 Å². The Bertz CT molecular complexity index is 437. The van der Waals surface area contributed by atoms with E-state index in [-0.39, 0.29) is 23.1 Å². The first kappa shape index (κ1) is 20.2. The maximum absolute atomic E-state index is 12.1. The molecule has 1 N–H and O–H groups in total. The standard InChI is InChI=1S/C17H33NO4Si/c1-16(2,3)21-15(20)18-13-9-12(11-19)10-14(13)22-23(7,8)17(4,5)6/h11-14H,9-10H2,1-8H3,(H,18,20)/t12-,13?,14-/m0/s1. The van der Waals surface area contributed by atoms with Crippen molar-refractivity contribution in [3.8, 4) is 0 Å². The van der Waals surface area contributed by atoms with E-state index in [9.17, 15) is 9.59 Å². The van der Waals surface area contributed by atoms with Gasteiger partial charge in [-0.15, -0.1) is 0 Å². The second-order valence-corrected chi connectivity index (χ2v) is 13.8. The zero-order valence-corrected chi connectivity index (χ0v) is 16.9. The van der Waals surface area contributed by atoms with Crippen molar-refractivity contribution < 1.29 is 18.8 Å². The lowest BCUT2D eigenvalue weighted by atomic mass is 10.1. The van der Waals surface area contributed by atoms with Crippen LogP contribution in [-0.4, -0.2) is 38.4 Å². The van der Waals surface area contributed by atoms with Crippen LogP contribution in [0.4, 0.5) is 4.79 Å². The molecule has 1 unspecified atom stereocenters. The fourth-order valence-corrected chi connectivity index (χ4v) is 3.82. The normalized spacial score (nSPS) is 26.0. The topological polar surface area (TPSA) is 64.6 Å². The number of rotatable bonds is 4. The summed E-state index contributed by atoms with van der Waals surface area (Å²) in [5, 5.41) is 2.99. The molecule has 23 heavy (non-hydrogen) atoms. The van der Waals surface area contributed by atoms with Gasteiger partial charge in [0.1, 0.15) is 11.9 Å². The van der Waals surface area contributed by atoms with Gasteiger partial charge in [-0.3, -0.25) is 0 Å². The van der Waals surface area contributed by atoms with E-state index < -0.39 is 20.0 Å². The first-order chi connectivity index (χ1) is 10.2. The molecule has 0 bridgehead atoms. The zero-order valence-electron chi connectivity index (χ0n) is 15.9. The zero-order chi connectivity index (χ0) is 18.1. The van der Waals surface area contributed by atoms with Crippen molar-refractivity contribution in [2.45, 2.75) is 90.3 Å². The Morgan fingerprint density at radius 2 is 1.70 bits per heavy atom. The number of hydrogen-bond acceptors (Lipinski definition) is 4. The molecule has 1 aliphatic rings. The summed E-state index contributed by atoms with van der Waals surface area (Å²) < 4.78 is 11.8. The molecule has 1 aliphatic carbocycles. The van der Waals surface area contributed by atoms with Crippen molar-refractivity contribution in [2.75, 3.05) is 0 Å². The Hall–Kier alpha value is -0.883. The van der Waals surface area contributed by atoms with Crippen molar-refractivity contribution in [3.63, 3.8) is 0 Å². The number of hydrogen-bond donors (Lipinski definition) is 1. The third kappa shape index (κ3) is 5.92. The van der Waals surface area contributed by atoms with E-state index in [0.29, 0.717) is 12.8 Å². The van der Waals surface area contributed by atoms with Gasteiger partial charge < -0.3 is 19.3 Å². The molecule has 0 aromatic carbocycles. The molecule has 6 heteroatoms. The summed E-state index contributed by atoms with van der Waals surface area (Å²) in [5.74, 6) is -0.0651. The quantitative estimate of drug-likeness (QED) is 0.621. The predicted octanol–water partition coefficient (Wildman–Crippen LogP) is 3.88. The van der Waals surface area contributed by atoms with Crippen molar-refractivity contribution >= 4 is 20.7 Å². The molecule has 0 aromatic rings. The largest absolute Gasteiger partial charge is 0.444 e. The smallest absolute Gasteiger partial charge is 0.407 e. The third-order valence-electron chi connectivity index (χ3n) is 4.69. The first-order valence-electron chi connectivity index (χ1n) is 8.38. The van der Waals surface area contributed by atoms with Crippen LogP contribution in [0, 0.1) is 5.92 Å². The molecule has 0 aliphatic heterocycles. The lowest BCUT2D eigenvalue weighted by molar-refractivity contribution is -0.111. The fourth-order valence-electron chi connectivity index (χ4n) is 2.44. The molecule has 1 amide bonds. The van der Waals surface area contributed by atoms with Crippen LogP contribution in [0.2, 0.25) is 18.1 Å². The van der Waals surface area contributed by atoms with Crippen LogP contribution >= 0.6 is 0 Å². The minimum atomic E-state index is -1.96. The van der Waals surface area contributed by atoms with Gasteiger partial charge in [-0.2, -0.15) is 0 Å². The Kier molecular flexibility index (Phi) is 6.07. The molecular weight excluding hydrogens is 310 g/mol. The molecule has 1 saturated carbocycles. The number of nitrogens with one attached hydrogen (secondary N) is 1. The molecule has 1 fully saturated rings. The molecular formula is C17H33NO4Si. The first-order valence-corrected chi connectivity index (χ1v) is 11.3. The van der Waals surface area contributed by atoms with E-state index in [1.165, 1.54) is 0 Å². The van der Waals surface area contributed by atoms with Gasteiger partial charge in [0.15, 0.2) is 8.32 Å². The molecule has 1 rings (SSSR count). The maximum atomic E-state index is 12.1. The summed E-state index contributed by atoms with van der Waals surface area (Å²) >= 11 is 0. The van der Waals surface area contributed by atoms with E-state index in [4.69, 9.17) is 9.16 Å². The highest BCUT2D eigenvalue weighted by atomic mass is 28.4. The monoisotopic (exact) mass is 343 g/mol. The summed E-state index contributed by atoms with van der Waals surface area (Å²) in [6.45, 7) is 16.4. The second kappa shape index (κ2) is 6.93. The van der Waals surface area contributed by atoms with Crippen LogP contribution < -0.4 is 5.32 Å². The minimum absolute atomic E-state index is 0.0651. The van der Waals surface area contributed by atoms with Gasteiger partial charge in [-0.25, -0.2) is 4.79 Å². The molecule has 0 heterocycles. The minimum Gasteiger partial charge on any atom is -0.444 e.